The van der Waals surface area contributed by atoms with Crippen molar-refractivity contribution < 1.29 is 22.9 Å². The summed E-state index contributed by atoms with van der Waals surface area (Å²) in [6, 6.07) is 0. The number of hydrogen-bond donors (Lipinski definition) is 0. The van der Waals surface area contributed by atoms with Crippen molar-refractivity contribution in [1.82, 2.24) is 0 Å². The quantitative estimate of drug-likeness (QED) is 0.300. The first-order chi connectivity index (χ1) is 11.0. The highest BCUT2D eigenvalue weighted by molar-refractivity contribution is 7.48. The molecule has 6 heteroatoms. The van der Waals surface area contributed by atoms with E-state index < -0.39 is 7.82 Å². The maximum absolute atomic E-state index is 12.8. The lowest BCUT2D eigenvalue weighted by Crippen LogP contribution is -2.12. The second-order valence-corrected chi connectivity index (χ2v) is 8.45. The van der Waals surface area contributed by atoms with Crippen molar-refractivity contribution in [3.05, 3.63) is 0 Å². The Balaban J connectivity index is 2.39. The Kier molecular flexibility index (Phi) is 10.6. The normalized spacial score (nSPS) is 22.5. The van der Waals surface area contributed by atoms with Crippen molar-refractivity contribution in [3.8, 4) is 0 Å². The van der Waals surface area contributed by atoms with Gasteiger partial charge in [0.25, 0.3) is 0 Å². The lowest BCUT2D eigenvalue weighted by Gasteiger charge is -2.21. The van der Waals surface area contributed by atoms with Gasteiger partial charge in [-0.15, -0.1) is 0 Å². The van der Waals surface area contributed by atoms with Gasteiger partial charge in [-0.25, -0.2) is 4.57 Å². The Morgan fingerprint density at radius 1 is 1.00 bits per heavy atom. The third-order valence-electron chi connectivity index (χ3n) is 3.96. The van der Waals surface area contributed by atoms with E-state index in [1.165, 1.54) is 0 Å². The van der Waals surface area contributed by atoms with Gasteiger partial charge in [0.15, 0.2) is 0 Å². The number of rotatable bonds is 15. The summed E-state index contributed by atoms with van der Waals surface area (Å²) in [5.41, 5.74) is 0. The number of hydrogen-bond acceptors (Lipinski definition) is 5. The molecular formula is C17H35O5P. The van der Waals surface area contributed by atoms with Gasteiger partial charge in [0.1, 0.15) is 6.10 Å². The zero-order chi connectivity index (χ0) is 17.1. The van der Waals surface area contributed by atoms with E-state index in [4.69, 9.17) is 18.3 Å². The van der Waals surface area contributed by atoms with Gasteiger partial charge in [-0.3, -0.25) is 13.6 Å². The summed E-state index contributed by atoms with van der Waals surface area (Å²) in [4.78, 5) is 0. The van der Waals surface area contributed by atoms with Gasteiger partial charge in [-0.05, 0) is 24.7 Å². The number of phosphoric ester groups is 1. The highest BCUT2D eigenvalue weighted by Gasteiger charge is 2.33. The Morgan fingerprint density at radius 3 is 1.87 bits per heavy atom. The third-order valence-corrected chi connectivity index (χ3v) is 5.35. The molecule has 0 N–H and O–H groups in total. The van der Waals surface area contributed by atoms with Crippen LogP contribution in [0.15, 0.2) is 0 Å². The van der Waals surface area contributed by atoms with Crippen LogP contribution < -0.4 is 0 Å². The van der Waals surface area contributed by atoms with Crippen LogP contribution >= 0.6 is 7.82 Å². The number of ether oxygens (including phenoxy) is 1. The van der Waals surface area contributed by atoms with Crippen molar-refractivity contribution >= 4 is 7.82 Å². The second-order valence-electron chi connectivity index (χ2n) is 6.78. The Morgan fingerprint density at radius 2 is 1.48 bits per heavy atom. The molecule has 0 saturated carbocycles. The van der Waals surface area contributed by atoms with Gasteiger partial charge < -0.3 is 4.74 Å². The molecule has 1 aliphatic heterocycles. The van der Waals surface area contributed by atoms with Crippen molar-refractivity contribution in [1.29, 1.82) is 0 Å². The van der Waals surface area contributed by atoms with Crippen molar-refractivity contribution in [3.63, 3.8) is 0 Å². The first-order valence-corrected chi connectivity index (χ1v) is 10.6. The minimum absolute atomic E-state index is 0.0468. The molecule has 0 aromatic heterocycles. The van der Waals surface area contributed by atoms with E-state index in [1.807, 2.05) is 0 Å². The number of phosphoric acid groups is 1. The Bertz CT molecular complexity index is 324. The van der Waals surface area contributed by atoms with Gasteiger partial charge in [-0.2, -0.15) is 0 Å². The summed E-state index contributed by atoms with van der Waals surface area (Å²) in [5.74, 6) is 0.704. The van der Waals surface area contributed by atoms with E-state index in [2.05, 4.69) is 27.7 Å². The SMILES string of the molecule is CCCCC(C)COP(=O)(OCC(C)CCCC)OCC1CO1. The molecule has 138 valence electrons. The van der Waals surface area contributed by atoms with Crippen LogP contribution in [-0.4, -0.2) is 32.5 Å². The van der Waals surface area contributed by atoms with E-state index in [0.29, 0.717) is 31.7 Å². The van der Waals surface area contributed by atoms with Gasteiger partial charge >= 0.3 is 7.82 Å². The molecule has 0 spiro atoms. The van der Waals surface area contributed by atoms with E-state index in [9.17, 15) is 4.57 Å². The smallest absolute Gasteiger partial charge is 0.371 e. The predicted octanol–water partition coefficient (Wildman–Crippen LogP) is 5.20. The van der Waals surface area contributed by atoms with Crippen LogP contribution in [0.2, 0.25) is 0 Å². The lowest BCUT2D eigenvalue weighted by atomic mass is 10.1. The summed E-state index contributed by atoms with van der Waals surface area (Å²) in [7, 11) is -3.49. The molecule has 0 aromatic rings. The van der Waals surface area contributed by atoms with Crippen LogP contribution in [0.4, 0.5) is 0 Å². The fourth-order valence-corrected chi connectivity index (χ4v) is 3.61. The van der Waals surface area contributed by atoms with Crippen molar-refractivity contribution in [2.45, 2.75) is 72.3 Å². The van der Waals surface area contributed by atoms with Crippen LogP contribution in [0, 0.1) is 11.8 Å². The molecule has 0 aliphatic carbocycles. The average molecular weight is 350 g/mol. The fourth-order valence-electron chi connectivity index (χ4n) is 2.16. The molecule has 0 aromatic carbocycles. The van der Waals surface area contributed by atoms with E-state index >= 15 is 0 Å². The Hall–Kier alpha value is 0.0700. The Labute approximate surface area is 142 Å². The molecule has 0 amide bonds. The highest BCUT2D eigenvalue weighted by Crippen LogP contribution is 2.50. The van der Waals surface area contributed by atoms with Crippen LogP contribution in [0.25, 0.3) is 0 Å². The molecule has 5 nitrogen and oxygen atoms in total. The largest absolute Gasteiger partial charge is 0.474 e. The molecule has 0 bridgehead atoms. The summed E-state index contributed by atoms with van der Waals surface area (Å²) in [5, 5.41) is 0. The molecule has 3 atom stereocenters. The standard InChI is InChI=1S/C17H35O5P/c1-5-7-9-15(3)11-20-23(18,22-14-17-13-19-17)21-12-16(4)10-8-6-2/h15-17H,5-14H2,1-4H3. The molecule has 0 radical (unpaired) electrons. The van der Waals surface area contributed by atoms with Crippen LogP contribution in [0.5, 0.6) is 0 Å². The first kappa shape index (κ1) is 21.1. The minimum atomic E-state index is -3.49. The summed E-state index contributed by atoms with van der Waals surface area (Å²) < 4.78 is 34.5. The maximum Gasteiger partial charge on any atom is 0.474 e. The summed E-state index contributed by atoms with van der Waals surface area (Å²) in [6.07, 6.45) is 6.79. The van der Waals surface area contributed by atoms with E-state index in [-0.39, 0.29) is 12.7 Å². The minimum Gasteiger partial charge on any atom is -0.371 e. The number of unbranched alkanes of at least 4 members (excludes halogenated alkanes) is 2. The fraction of sp³-hybridized carbons (Fsp3) is 1.00. The molecule has 1 saturated heterocycles. The second kappa shape index (κ2) is 11.6. The van der Waals surface area contributed by atoms with Gasteiger partial charge in [0.2, 0.25) is 0 Å². The zero-order valence-corrected chi connectivity index (χ0v) is 16.2. The molecule has 3 unspecified atom stereocenters. The van der Waals surface area contributed by atoms with E-state index in [1.54, 1.807) is 0 Å². The predicted molar refractivity (Wildman–Crippen MR) is 92.6 cm³/mol. The molecule has 1 aliphatic rings. The number of epoxide rings is 1. The monoisotopic (exact) mass is 350 g/mol. The van der Waals surface area contributed by atoms with Crippen molar-refractivity contribution in [2.24, 2.45) is 11.8 Å². The third kappa shape index (κ3) is 10.5. The topological polar surface area (TPSA) is 57.3 Å². The van der Waals surface area contributed by atoms with Crippen molar-refractivity contribution in [2.75, 3.05) is 26.4 Å². The molecule has 23 heavy (non-hydrogen) atoms. The molecule has 1 heterocycles. The van der Waals surface area contributed by atoms with Gasteiger partial charge in [-0.1, -0.05) is 53.4 Å². The summed E-state index contributed by atoms with van der Waals surface area (Å²) in [6.45, 7) is 10.3. The molecule has 1 rings (SSSR count). The lowest BCUT2D eigenvalue weighted by molar-refractivity contribution is 0.0849. The first-order valence-electron chi connectivity index (χ1n) is 9.14. The average Bonchev–Trinajstić information content (AvgIpc) is 3.37. The highest BCUT2D eigenvalue weighted by atomic mass is 31.2. The maximum atomic E-state index is 12.8. The van der Waals surface area contributed by atoms with Crippen LogP contribution in [0.1, 0.15) is 66.2 Å². The van der Waals surface area contributed by atoms with Crippen LogP contribution in [0.3, 0.4) is 0 Å². The van der Waals surface area contributed by atoms with E-state index in [0.717, 1.165) is 38.5 Å². The molecular weight excluding hydrogens is 315 g/mol. The molecule has 1 fully saturated rings. The van der Waals surface area contributed by atoms with Gasteiger partial charge in [0.05, 0.1) is 26.4 Å². The zero-order valence-electron chi connectivity index (χ0n) is 15.3. The van der Waals surface area contributed by atoms with Crippen LogP contribution in [-0.2, 0) is 22.9 Å². The van der Waals surface area contributed by atoms with Gasteiger partial charge in [0, 0.05) is 0 Å². The summed E-state index contributed by atoms with van der Waals surface area (Å²) >= 11 is 0.